The number of nitrogens with one attached hydrogen (secondary N) is 2. The summed E-state index contributed by atoms with van der Waals surface area (Å²) in [6.45, 7) is 7.94. The summed E-state index contributed by atoms with van der Waals surface area (Å²) in [5.41, 5.74) is 2.05. The van der Waals surface area contributed by atoms with Crippen LogP contribution in [0.3, 0.4) is 0 Å². The van der Waals surface area contributed by atoms with Gasteiger partial charge in [-0.05, 0) is 38.5 Å². The standard InChI is InChI=1S/C16H23ClN2O2/c1-16(2,3)19-14(20)4-6-18-10-12-9-13(17)8-11-5-7-21-15(11)12/h8-9,18H,4-7,10H2,1-3H3,(H,19,20). The van der Waals surface area contributed by atoms with Crippen LogP contribution in [0, 0.1) is 0 Å². The number of amides is 1. The van der Waals surface area contributed by atoms with Gasteiger partial charge in [0.1, 0.15) is 5.75 Å². The van der Waals surface area contributed by atoms with Crippen LogP contribution in [0.15, 0.2) is 12.1 Å². The number of ether oxygens (including phenoxy) is 1. The molecule has 116 valence electrons. The van der Waals surface area contributed by atoms with Crippen molar-refractivity contribution in [3.8, 4) is 5.75 Å². The molecule has 2 N–H and O–H groups in total. The van der Waals surface area contributed by atoms with Crippen molar-refractivity contribution in [2.75, 3.05) is 13.2 Å². The van der Waals surface area contributed by atoms with Crippen LogP contribution in [-0.4, -0.2) is 24.6 Å². The fraction of sp³-hybridized carbons (Fsp3) is 0.562. The Morgan fingerprint density at radius 1 is 1.38 bits per heavy atom. The third-order valence-electron chi connectivity index (χ3n) is 3.18. The topological polar surface area (TPSA) is 50.4 Å². The van der Waals surface area contributed by atoms with E-state index < -0.39 is 0 Å². The van der Waals surface area contributed by atoms with Crippen molar-refractivity contribution >= 4 is 17.5 Å². The second-order valence-electron chi connectivity index (χ2n) is 6.38. The summed E-state index contributed by atoms with van der Waals surface area (Å²) >= 11 is 6.12. The predicted molar refractivity (Wildman–Crippen MR) is 84.9 cm³/mol. The molecule has 1 aliphatic heterocycles. The maximum Gasteiger partial charge on any atom is 0.221 e. The second-order valence-corrected chi connectivity index (χ2v) is 6.81. The number of benzene rings is 1. The molecule has 0 fully saturated rings. The van der Waals surface area contributed by atoms with E-state index in [1.54, 1.807) is 0 Å². The molecule has 1 aromatic carbocycles. The van der Waals surface area contributed by atoms with E-state index in [1.165, 1.54) is 5.56 Å². The Kier molecular flexibility index (Phi) is 5.12. The van der Waals surface area contributed by atoms with Gasteiger partial charge in [-0.2, -0.15) is 0 Å². The minimum absolute atomic E-state index is 0.0579. The monoisotopic (exact) mass is 310 g/mol. The van der Waals surface area contributed by atoms with Crippen molar-refractivity contribution < 1.29 is 9.53 Å². The number of fused-ring (bicyclic) bond motifs is 1. The number of carbonyl (C=O) groups excluding carboxylic acids is 1. The minimum atomic E-state index is -0.182. The molecule has 1 aromatic rings. The molecular formula is C16H23ClN2O2. The first-order valence-electron chi connectivity index (χ1n) is 7.31. The highest BCUT2D eigenvalue weighted by Crippen LogP contribution is 2.32. The van der Waals surface area contributed by atoms with Gasteiger partial charge >= 0.3 is 0 Å². The summed E-state index contributed by atoms with van der Waals surface area (Å²) in [6.07, 6.45) is 1.37. The minimum Gasteiger partial charge on any atom is -0.493 e. The van der Waals surface area contributed by atoms with Crippen molar-refractivity contribution in [3.05, 3.63) is 28.3 Å². The zero-order chi connectivity index (χ0) is 15.5. The van der Waals surface area contributed by atoms with Crippen molar-refractivity contribution in [2.24, 2.45) is 0 Å². The molecule has 0 atom stereocenters. The Morgan fingerprint density at radius 3 is 2.86 bits per heavy atom. The van der Waals surface area contributed by atoms with Crippen LogP contribution in [0.1, 0.15) is 38.3 Å². The molecule has 0 spiro atoms. The predicted octanol–water partition coefficient (Wildman–Crippen LogP) is 2.67. The Labute approximate surface area is 131 Å². The van der Waals surface area contributed by atoms with Crippen LogP contribution in [0.2, 0.25) is 5.02 Å². The number of carbonyl (C=O) groups is 1. The van der Waals surface area contributed by atoms with Gasteiger partial charge in [-0.25, -0.2) is 0 Å². The first-order chi connectivity index (χ1) is 9.85. The van der Waals surface area contributed by atoms with E-state index in [4.69, 9.17) is 16.3 Å². The van der Waals surface area contributed by atoms with Crippen molar-refractivity contribution in [2.45, 2.75) is 45.7 Å². The quantitative estimate of drug-likeness (QED) is 0.822. The third-order valence-corrected chi connectivity index (χ3v) is 3.40. The summed E-state index contributed by atoms with van der Waals surface area (Å²) in [5.74, 6) is 1.01. The lowest BCUT2D eigenvalue weighted by atomic mass is 10.1. The molecule has 0 unspecified atom stereocenters. The number of halogens is 1. The van der Waals surface area contributed by atoms with Gasteiger partial charge in [-0.3, -0.25) is 4.79 Å². The number of rotatable bonds is 5. The highest BCUT2D eigenvalue weighted by molar-refractivity contribution is 6.30. The van der Waals surface area contributed by atoms with E-state index in [0.717, 1.165) is 29.4 Å². The lowest BCUT2D eigenvalue weighted by molar-refractivity contribution is -0.122. The lowest BCUT2D eigenvalue weighted by Gasteiger charge is -2.20. The Hall–Kier alpha value is -1.26. The Balaban J connectivity index is 1.81. The molecule has 1 amide bonds. The molecule has 4 nitrogen and oxygen atoms in total. The van der Waals surface area contributed by atoms with Gasteiger partial charge in [0, 0.05) is 42.1 Å². The molecule has 1 aliphatic rings. The normalized spacial score (nSPS) is 13.7. The van der Waals surface area contributed by atoms with Crippen LogP contribution in [0.5, 0.6) is 5.75 Å². The van der Waals surface area contributed by atoms with Crippen LogP contribution >= 0.6 is 11.6 Å². The van der Waals surface area contributed by atoms with Crippen molar-refractivity contribution in [3.63, 3.8) is 0 Å². The lowest BCUT2D eigenvalue weighted by Crippen LogP contribution is -2.41. The molecule has 0 bridgehead atoms. The van der Waals surface area contributed by atoms with E-state index in [2.05, 4.69) is 10.6 Å². The molecule has 0 saturated carbocycles. The summed E-state index contributed by atoms with van der Waals surface area (Å²) in [6, 6.07) is 3.89. The summed E-state index contributed by atoms with van der Waals surface area (Å²) in [5, 5.41) is 6.96. The fourth-order valence-electron chi connectivity index (χ4n) is 2.38. The van der Waals surface area contributed by atoms with Crippen molar-refractivity contribution in [1.82, 2.24) is 10.6 Å². The molecule has 21 heavy (non-hydrogen) atoms. The average molecular weight is 311 g/mol. The largest absolute Gasteiger partial charge is 0.493 e. The summed E-state index contributed by atoms with van der Waals surface area (Å²) in [4.78, 5) is 11.7. The van der Waals surface area contributed by atoms with Crippen LogP contribution in [0.4, 0.5) is 0 Å². The van der Waals surface area contributed by atoms with Gasteiger partial charge in [0.15, 0.2) is 0 Å². The third kappa shape index (κ3) is 4.90. The van der Waals surface area contributed by atoms with Gasteiger partial charge in [0.05, 0.1) is 6.61 Å². The van der Waals surface area contributed by atoms with E-state index in [0.29, 0.717) is 19.5 Å². The second kappa shape index (κ2) is 6.67. The van der Waals surface area contributed by atoms with Gasteiger partial charge in [0.25, 0.3) is 0 Å². The van der Waals surface area contributed by atoms with Gasteiger partial charge in [-0.1, -0.05) is 11.6 Å². The molecule has 0 aliphatic carbocycles. The number of hydrogen-bond donors (Lipinski definition) is 2. The highest BCUT2D eigenvalue weighted by atomic mass is 35.5. The maximum absolute atomic E-state index is 11.7. The maximum atomic E-state index is 11.7. The Morgan fingerprint density at radius 2 is 2.14 bits per heavy atom. The van der Waals surface area contributed by atoms with Crippen molar-refractivity contribution in [1.29, 1.82) is 0 Å². The summed E-state index contributed by atoms with van der Waals surface area (Å²) in [7, 11) is 0. The molecule has 1 heterocycles. The average Bonchev–Trinajstić information content (AvgIpc) is 2.80. The highest BCUT2D eigenvalue weighted by Gasteiger charge is 2.17. The fourth-order valence-corrected chi connectivity index (χ4v) is 2.65. The summed E-state index contributed by atoms with van der Waals surface area (Å²) < 4.78 is 5.65. The zero-order valence-electron chi connectivity index (χ0n) is 12.9. The van der Waals surface area contributed by atoms with Crippen LogP contribution in [-0.2, 0) is 17.8 Å². The molecule has 2 rings (SSSR count). The SMILES string of the molecule is CC(C)(C)NC(=O)CCNCc1cc(Cl)cc2c1OCC2. The first-order valence-corrected chi connectivity index (χ1v) is 7.69. The molecule has 5 heteroatoms. The van der Waals surface area contributed by atoms with Gasteiger partial charge < -0.3 is 15.4 Å². The molecule has 0 radical (unpaired) electrons. The molecule has 0 saturated heterocycles. The smallest absolute Gasteiger partial charge is 0.221 e. The van der Waals surface area contributed by atoms with E-state index in [-0.39, 0.29) is 11.4 Å². The molecular weight excluding hydrogens is 288 g/mol. The van der Waals surface area contributed by atoms with E-state index in [1.807, 2.05) is 32.9 Å². The van der Waals surface area contributed by atoms with Crippen LogP contribution < -0.4 is 15.4 Å². The van der Waals surface area contributed by atoms with Gasteiger partial charge in [-0.15, -0.1) is 0 Å². The first kappa shape index (κ1) is 16.1. The van der Waals surface area contributed by atoms with E-state index >= 15 is 0 Å². The Bertz CT molecular complexity index is 524. The van der Waals surface area contributed by atoms with E-state index in [9.17, 15) is 4.79 Å². The number of hydrogen-bond acceptors (Lipinski definition) is 3. The molecule has 0 aromatic heterocycles. The zero-order valence-corrected chi connectivity index (χ0v) is 13.6. The van der Waals surface area contributed by atoms with Crippen LogP contribution in [0.25, 0.3) is 0 Å². The van der Waals surface area contributed by atoms with Gasteiger partial charge in [0.2, 0.25) is 5.91 Å².